The van der Waals surface area contributed by atoms with E-state index in [4.69, 9.17) is 16.1 Å². The average molecular weight is 351 g/mol. The Labute approximate surface area is 142 Å². The van der Waals surface area contributed by atoms with Gasteiger partial charge in [-0.1, -0.05) is 16.8 Å². The van der Waals surface area contributed by atoms with Crippen molar-refractivity contribution in [2.75, 3.05) is 0 Å². The fraction of sp³-hybridized carbons (Fsp3) is 0.312. The molecule has 0 saturated heterocycles. The summed E-state index contributed by atoms with van der Waals surface area (Å²) in [5.74, 6) is -0.858. The number of aromatic nitrogens is 4. The molecule has 2 heterocycles. The summed E-state index contributed by atoms with van der Waals surface area (Å²) in [6.07, 6.45) is 3.55. The molecule has 0 amide bonds. The van der Waals surface area contributed by atoms with Crippen LogP contribution in [0.25, 0.3) is 11.4 Å². The second kappa shape index (κ2) is 5.90. The summed E-state index contributed by atoms with van der Waals surface area (Å²) in [6.45, 7) is 6.33. The van der Waals surface area contributed by atoms with Crippen LogP contribution in [0.3, 0.4) is 0 Å². The molecule has 126 valence electrons. The first kappa shape index (κ1) is 16.4. The third kappa shape index (κ3) is 3.12. The molecule has 3 aromatic rings. The lowest BCUT2D eigenvalue weighted by Crippen LogP contribution is -2.22. The fourth-order valence-corrected chi connectivity index (χ4v) is 2.42. The largest absolute Gasteiger partial charge is 0.442 e. The molecule has 1 aromatic carbocycles. The van der Waals surface area contributed by atoms with Gasteiger partial charge in [0, 0.05) is 17.3 Å². The Bertz CT molecular complexity index is 936. The molecule has 2 aromatic heterocycles. The Morgan fingerprint density at radius 2 is 2.08 bits per heavy atom. The Hall–Kier alpha value is -2.41. The molecule has 3 rings (SSSR count). The zero-order valence-corrected chi connectivity index (χ0v) is 14.2. The lowest BCUT2D eigenvalue weighted by atomic mass is 10.1. The summed E-state index contributed by atoms with van der Waals surface area (Å²) in [7, 11) is 0. The minimum atomic E-state index is -0.603. The monoisotopic (exact) mass is 350 g/mol. The summed E-state index contributed by atoms with van der Waals surface area (Å²) >= 11 is 5.80. The Balaban J connectivity index is 1.97. The minimum absolute atomic E-state index is 0.0462. The van der Waals surface area contributed by atoms with Gasteiger partial charge in [0.05, 0.1) is 23.3 Å². The van der Waals surface area contributed by atoms with Crippen molar-refractivity contribution in [1.82, 2.24) is 19.5 Å². The van der Waals surface area contributed by atoms with Crippen LogP contribution in [-0.4, -0.2) is 19.5 Å². The molecule has 24 heavy (non-hydrogen) atoms. The molecule has 0 aliphatic rings. The van der Waals surface area contributed by atoms with Crippen LogP contribution < -0.4 is 5.76 Å². The SMILES string of the molecule is CC(C)(C)n1cc(Cn2c(-c3ccc(F)c(Cl)c3)noc2=O)cn1. The van der Waals surface area contributed by atoms with Gasteiger partial charge in [-0.05, 0) is 39.0 Å². The van der Waals surface area contributed by atoms with E-state index < -0.39 is 11.6 Å². The van der Waals surface area contributed by atoms with Crippen LogP contribution in [0.4, 0.5) is 4.39 Å². The van der Waals surface area contributed by atoms with Crippen LogP contribution >= 0.6 is 11.6 Å². The summed E-state index contributed by atoms with van der Waals surface area (Å²) in [5.41, 5.74) is 1.16. The first-order chi connectivity index (χ1) is 11.3. The average Bonchev–Trinajstić information content (AvgIpc) is 3.11. The van der Waals surface area contributed by atoms with Crippen molar-refractivity contribution in [2.45, 2.75) is 32.9 Å². The number of nitrogens with zero attached hydrogens (tertiary/aromatic N) is 4. The molecule has 0 spiro atoms. The van der Waals surface area contributed by atoms with Gasteiger partial charge < -0.3 is 0 Å². The van der Waals surface area contributed by atoms with Crippen LogP contribution in [0.2, 0.25) is 5.02 Å². The lowest BCUT2D eigenvalue weighted by Gasteiger charge is -2.18. The fourth-order valence-electron chi connectivity index (χ4n) is 2.24. The third-order valence-electron chi connectivity index (χ3n) is 3.53. The number of benzene rings is 1. The second-order valence-electron chi connectivity index (χ2n) is 6.45. The molecule has 0 radical (unpaired) electrons. The zero-order valence-electron chi connectivity index (χ0n) is 13.5. The van der Waals surface area contributed by atoms with Crippen LogP contribution in [0.15, 0.2) is 39.9 Å². The van der Waals surface area contributed by atoms with E-state index in [-0.39, 0.29) is 22.9 Å². The van der Waals surface area contributed by atoms with E-state index in [2.05, 4.69) is 10.3 Å². The smallest absolute Gasteiger partial charge is 0.295 e. The van der Waals surface area contributed by atoms with Gasteiger partial charge in [0.25, 0.3) is 0 Å². The van der Waals surface area contributed by atoms with E-state index in [1.165, 1.54) is 22.8 Å². The summed E-state index contributed by atoms with van der Waals surface area (Å²) in [6, 6.07) is 4.12. The maximum absolute atomic E-state index is 13.3. The second-order valence-corrected chi connectivity index (χ2v) is 6.86. The summed E-state index contributed by atoms with van der Waals surface area (Å²) in [5, 5.41) is 8.03. The highest BCUT2D eigenvalue weighted by molar-refractivity contribution is 6.31. The molecule has 0 saturated carbocycles. The molecule has 0 aliphatic heterocycles. The maximum Gasteiger partial charge on any atom is 0.442 e. The van der Waals surface area contributed by atoms with Gasteiger partial charge >= 0.3 is 5.76 Å². The first-order valence-electron chi connectivity index (χ1n) is 7.31. The molecule has 6 nitrogen and oxygen atoms in total. The molecular formula is C16H16ClFN4O2. The van der Waals surface area contributed by atoms with Gasteiger partial charge in [-0.3, -0.25) is 13.8 Å². The number of halogens is 2. The van der Waals surface area contributed by atoms with Crippen molar-refractivity contribution in [3.05, 3.63) is 57.5 Å². The minimum Gasteiger partial charge on any atom is -0.295 e. The molecule has 0 aliphatic carbocycles. The molecule has 0 bridgehead atoms. The topological polar surface area (TPSA) is 65.8 Å². The van der Waals surface area contributed by atoms with Crippen molar-refractivity contribution in [3.8, 4) is 11.4 Å². The predicted octanol–water partition coefficient (Wildman–Crippen LogP) is 3.30. The molecule has 0 atom stereocenters. The Morgan fingerprint density at radius 3 is 2.71 bits per heavy atom. The van der Waals surface area contributed by atoms with Gasteiger partial charge in [-0.15, -0.1) is 0 Å². The van der Waals surface area contributed by atoms with Crippen LogP contribution in [0, 0.1) is 5.82 Å². The van der Waals surface area contributed by atoms with Gasteiger partial charge in [-0.25, -0.2) is 9.18 Å². The van der Waals surface area contributed by atoms with Gasteiger partial charge in [0.15, 0.2) is 5.82 Å². The number of hydrogen-bond donors (Lipinski definition) is 0. The van der Waals surface area contributed by atoms with Crippen molar-refractivity contribution in [2.24, 2.45) is 0 Å². The van der Waals surface area contributed by atoms with Gasteiger partial charge in [-0.2, -0.15) is 5.10 Å². The molecular weight excluding hydrogens is 335 g/mol. The Kier molecular flexibility index (Phi) is 4.04. The highest BCUT2D eigenvalue weighted by atomic mass is 35.5. The summed E-state index contributed by atoms with van der Waals surface area (Å²) in [4.78, 5) is 12.0. The standard InChI is InChI=1S/C16H16ClFN4O2/c1-16(2,3)22-9-10(7-19-22)8-21-14(20-24-15(21)23)11-4-5-13(18)12(17)6-11/h4-7,9H,8H2,1-3H3. The first-order valence-corrected chi connectivity index (χ1v) is 7.69. The number of rotatable bonds is 3. The highest BCUT2D eigenvalue weighted by Gasteiger charge is 2.18. The Morgan fingerprint density at radius 1 is 1.33 bits per heavy atom. The highest BCUT2D eigenvalue weighted by Crippen LogP contribution is 2.23. The van der Waals surface area contributed by atoms with Crippen LogP contribution in [-0.2, 0) is 12.1 Å². The van der Waals surface area contributed by atoms with E-state index in [1.54, 1.807) is 6.20 Å². The molecule has 8 heteroatoms. The summed E-state index contributed by atoms with van der Waals surface area (Å²) < 4.78 is 21.3. The molecule has 0 N–H and O–H groups in total. The van der Waals surface area contributed by atoms with Crippen molar-refractivity contribution in [3.63, 3.8) is 0 Å². The quantitative estimate of drug-likeness (QED) is 0.727. The predicted molar refractivity (Wildman–Crippen MR) is 87.5 cm³/mol. The lowest BCUT2D eigenvalue weighted by molar-refractivity contribution is 0.355. The third-order valence-corrected chi connectivity index (χ3v) is 3.82. The van der Waals surface area contributed by atoms with Crippen LogP contribution in [0.5, 0.6) is 0 Å². The normalized spacial score (nSPS) is 11.9. The van der Waals surface area contributed by atoms with E-state index in [9.17, 15) is 9.18 Å². The van der Waals surface area contributed by atoms with Crippen LogP contribution in [0.1, 0.15) is 26.3 Å². The van der Waals surface area contributed by atoms with E-state index >= 15 is 0 Å². The van der Waals surface area contributed by atoms with E-state index in [1.807, 2.05) is 31.6 Å². The number of hydrogen-bond acceptors (Lipinski definition) is 4. The van der Waals surface area contributed by atoms with Crippen molar-refractivity contribution < 1.29 is 8.91 Å². The van der Waals surface area contributed by atoms with Gasteiger partial charge in [0.1, 0.15) is 5.82 Å². The maximum atomic E-state index is 13.3. The van der Waals surface area contributed by atoms with Crippen molar-refractivity contribution >= 4 is 11.6 Å². The van der Waals surface area contributed by atoms with E-state index in [0.717, 1.165) is 5.56 Å². The van der Waals surface area contributed by atoms with Gasteiger partial charge in [0.2, 0.25) is 0 Å². The van der Waals surface area contributed by atoms with Crippen molar-refractivity contribution in [1.29, 1.82) is 0 Å². The molecule has 0 fully saturated rings. The van der Waals surface area contributed by atoms with E-state index in [0.29, 0.717) is 5.56 Å². The zero-order chi connectivity index (χ0) is 17.5. The molecule has 0 unspecified atom stereocenters.